The van der Waals surface area contributed by atoms with Crippen LogP contribution in [0, 0.1) is 5.92 Å². The van der Waals surface area contributed by atoms with Gasteiger partial charge in [0.2, 0.25) is 0 Å². The molecule has 0 amide bonds. The summed E-state index contributed by atoms with van der Waals surface area (Å²) in [6.45, 7) is 4.54. The van der Waals surface area contributed by atoms with Crippen LogP contribution in [0.15, 0.2) is 54.0 Å². The highest BCUT2D eigenvalue weighted by molar-refractivity contribution is 7.16. The summed E-state index contributed by atoms with van der Waals surface area (Å²) in [7, 11) is 0. The predicted octanol–water partition coefficient (Wildman–Crippen LogP) is 5.50. The van der Waals surface area contributed by atoms with E-state index in [1.807, 2.05) is 5.51 Å². The molecule has 0 aliphatic carbocycles. The first-order valence-corrected chi connectivity index (χ1v) is 8.25. The van der Waals surface area contributed by atoms with Crippen molar-refractivity contribution in [2.75, 3.05) is 5.32 Å². The summed E-state index contributed by atoms with van der Waals surface area (Å²) < 4.78 is 1.23. The Labute approximate surface area is 129 Å². The lowest BCUT2D eigenvalue weighted by molar-refractivity contribution is 0.531. The van der Waals surface area contributed by atoms with Crippen LogP contribution in [0.4, 0.5) is 5.69 Å². The Kier molecular flexibility index (Phi) is 4.20. The molecule has 0 spiro atoms. The molecule has 1 heterocycles. The third-order valence-corrected chi connectivity index (χ3v) is 4.37. The van der Waals surface area contributed by atoms with Crippen molar-refractivity contribution in [3.63, 3.8) is 0 Å². The first-order valence-electron chi connectivity index (χ1n) is 7.37. The van der Waals surface area contributed by atoms with E-state index in [2.05, 4.69) is 72.7 Å². The standard InChI is InChI=1S/C18H20N2S/c1-13(2)10-17(14-6-4-3-5-7-14)20-15-8-9-16-18(11-15)21-12-19-16/h3-9,11-13,17,20H,10H2,1-2H3. The topological polar surface area (TPSA) is 24.9 Å². The summed E-state index contributed by atoms with van der Waals surface area (Å²) in [5.41, 5.74) is 5.49. The van der Waals surface area contributed by atoms with Crippen molar-refractivity contribution in [1.29, 1.82) is 0 Å². The van der Waals surface area contributed by atoms with E-state index in [0.29, 0.717) is 12.0 Å². The Morgan fingerprint density at radius 2 is 1.90 bits per heavy atom. The fourth-order valence-electron chi connectivity index (χ4n) is 2.58. The van der Waals surface area contributed by atoms with Crippen molar-refractivity contribution in [2.45, 2.75) is 26.3 Å². The number of rotatable bonds is 5. The maximum Gasteiger partial charge on any atom is 0.0813 e. The zero-order chi connectivity index (χ0) is 14.7. The average molecular weight is 296 g/mol. The van der Waals surface area contributed by atoms with Crippen LogP contribution >= 0.6 is 11.3 Å². The van der Waals surface area contributed by atoms with Gasteiger partial charge in [0.05, 0.1) is 21.8 Å². The van der Waals surface area contributed by atoms with Crippen molar-refractivity contribution >= 4 is 27.2 Å². The Morgan fingerprint density at radius 3 is 2.67 bits per heavy atom. The molecule has 1 N–H and O–H groups in total. The van der Waals surface area contributed by atoms with Gasteiger partial charge >= 0.3 is 0 Å². The summed E-state index contributed by atoms with van der Waals surface area (Å²) in [5.74, 6) is 0.648. The van der Waals surface area contributed by atoms with Crippen molar-refractivity contribution in [1.82, 2.24) is 4.98 Å². The molecule has 1 unspecified atom stereocenters. The van der Waals surface area contributed by atoms with Gasteiger partial charge < -0.3 is 5.32 Å². The normalized spacial score (nSPS) is 12.7. The number of hydrogen-bond acceptors (Lipinski definition) is 3. The number of nitrogens with one attached hydrogen (secondary N) is 1. The zero-order valence-electron chi connectivity index (χ0n) is 12.4. The van der Waals surface area contributed by atoms with Gasteiger partial charge in [-0.1, -0.05) is 44.2 Å². The summed E-state index contributed by atoms with van der Waals surface area (Å²) in [5, 5.41) is 3.69. The van der Waals surface area contributed by atoms with E-state index in [-0.39, 0.29) is 0 Å². The van der Waals surface area contributed by atoms with E-state index in [1.54, 1.807) is 11.3 Å². The third kappa shape index (κ3) is 3.42. The number of thiazole rings is 1. The molecule has 2 nitrogen and oxygen atoms in total. The molecule has 0 aliphatic rings. The quantitative estimate of drug-likeness (QED) is 0.673. The van der Waals surface area contributed by atoms with E-state index in [9.17, 15) is 0 Å². The summed E-state index contributed by atoms with van der Waals surface area (Å²) in [4.78, 5) is 4.34. The molecule has 1 atom stereocenters. The molecule has 0 saturated heterocycles. The fraction of sp³-hybridized carbons (Fsp3) is 0.278. The van der Waals surface area contributed by atoms with Gasteiger partial charge in [0.15, 0.2) is 0 Å². The van der Waals surface area contributed by atoms with Crippen molar-refractivity contribution < 1.29 is 0 Å². The molecule has 0 radical (unpaired) electrons. The minimum Gasteiger partial charge on any atom is -0.378 e. The number of aromatic nitrogens is 1. The van der Waals surface area contributed by atoms with Crippen LogP contribution in [0.2, 0.25) is 0 Å². The van der Waals surface area contributed by atoms with Gasteiger partial charge in [-0.3, -0.25) is 0 Å². The molecule has 0 aliphatic heterocycles. The number of fused-ring (bicyclic) bond motifs is 1. The zero-order valence-corrected chi connectivity index (χ0v) is 13.2. The SMILES string of the molecule is CC(C)CC(Nc1ccc2ncsc2c1)c1ccccc1. The lowest BCUT2D eigenvalue weighted by atomic mass is 9.97. The van der Waals surface area contributed by atoms with Gasteiger partial charge in [0, 0.05) is 5.69 Å². The fourth-order valence-corrected chi connectivity index (χ4v) is 3.30. The minimum atomic E-state index is 0.344. The van der Waals surface area contributed by atoms with E-state index in [0.717, 1.165) is 11.9 Å². The van der Waals surface area contributed by atoms with Crippen molar-refractivity contribution in [3.8, 4) is 0 Å². The predicted molar refractivity (Wildman–Crippen MR) is 91.9 cm³/mol. The molecule has 0 bridgehead atoms. The number of nitrogens with zero attached hydrogens (tertiary/aromatic N) is 1. The number of anilines is 1. The molecule has 0 fully saturated rings. The molecular weight excluding hydrogens is 276 g/mol. The van der Waals surface area contributed by atoms with Crippen LogP contribution in [0.25, 0.3) is 10.2 Å². The van der Waals surface area contributed by atoms with Gasteiger partial charge in [0.1, 0.15) is 0 Å². The summed E-state index contributed by atoms with van der Waals surface area (Å²) >= 11 is 1.69. The molecule has 1 aromatic heterocycles. The number of benzene rings is 2. The van der Waals surface area contributed by atoms with Gasteiger partial charge in [-0.25, -0.2) is 4.98 Å². The average Bonchev–Trinajstić information content (AvgIpc) is 2.94. The van der Waals surface area contributed by atoms with Crippen molar-refractivity contribution in [2.24, 2.45) is 5.92 Å². The highest BCUT2D eigenvalue weighted by Gasteiger charge is 2.13. The molecule has 2 aromatic carbocycles. The first-order chi connectivity index (χ1) is 10.2. The molecule has 108 valence electrons. The van der Waals surface area contributed by atoms with Crippen LogP contribution in [0.5, 0.6) is 0 Å². The second-order valence-electron chi connectivity index (χ2n) is 5.77. The molecule has 3 rings (SSSR count). The van der Waals surface area contributed by atoms with E-state index >= 15 is 0 Å². The molecule has 3 heteroatoms. The van der Waals surface area contributed by atoms with E-state index in [4.69, 9.17) is 0 Å². The molecular formula is C18H20N2S. The molecule has 3 aromatic rings. The van der Waals surface area contributed by atoms with E-state index in [1.165, 1.54) is 16.0 Å². The second-order valence-corrected chi connectivity index (χ2v) is 6.66. The lowest BCUT2D eigenvalue weighted by Gasteiger charge is -2.22. The van der Waals surface area contributed by atoms with Gasteiger partial charge in [-0.05, 0) is 36.1 Å². The Hall–Kier alpha value is -1.87. The van der Waals surface area contributed by atoms with Crippen LogP contribution < -0.4 is 5.32 Å². The maximum atomic E-state index is 4.34. The smallest absolute Gasteiger partial charge is 0.0813 e. The highest BCUT2D eigenvalue weighted by atomic mass is 32.1. The van der Waals surface area contributed by atoms with Gasteiger partial charge in [-0.15, -0.1) is 11.3 Å². The Morgan fingerprint density at radius 1 is 1.10 bits per heavy atom. The summed E-state index contributed by atoms with van der Waals surface area (Å²) in [6, 6.07) is 17.4. The Balaban J connectivity index is 1.86. The van der Waals surface area contributed by atoms with Crippen LogP contribution in [0.3, 0.4) is 0 Å². The highest BCUT2D eigenvalue weighted by Crippen LogP contribution is 2.28. The van der Waals surface area contributed by atoms with Crippen LogP contribution in [0.1, 0.15) is 31.9 Å². The minimum absolute atomic E-state index is 0.344. The van der Waals surface area contributed by atoms with E-state index < -0.39 is 0 Å². The largest absolute Gasteiger partial charge is 0.378 e. The molecule has 21 heavy (non-hydrogen) atoms. The second kappa shape index (κ2) is 6.27. The van der Waals surface area contributed by atoms with Gasteiger partial charge in [0.25, 0.3) is 0 Å². The van der Waals surface area contributed by atoms with Gasteiger partial charge in [-0.2, -0.15) is 0 Å². The molecule has 0 saturated carbocycles. The monoisotopic (exact) mass is 296 g/mol. The van der Waals surface area contributed by atoms with Crippen LogP contribution in [-0.2, 0) is 0 Å². The van der Waals surface area contributed by atoms with Crippen molar-refractivity contribution in [3.05, 3.63) is 59.6 Å². The first kappa shape index (κ1) is 14.1. The lowest BCUT2D eigenvalue weighted by Crippen LogP contribution is -2.13. The summed E-state index contributed by atoms with van der Waals surface area (Å²) in [6.07, 6.45) is 1.12. The third-order valence-electron chi connectivity index (χ3n) is 3.58. The maximum absolute atomic E-state index is 4.34. The Bertz CT molecular complexity index is 703. The number of hydrogen-bond donors (Lipinski definition) is 1. The van der Waals surface area contributed by atoms with Crippen LogP contribution in [-0.4, -0.2) is 4.98 Å².